The van der Waals surface area contributed by atoms with Gasteiger partial charge in [-0.1, -0.05) is 26.0 Å². The minimum atomic E-state index is -0.721. The van der Waals surface area contributed by atoms with Crippen molar-refractivity contribution in [3.8, 4) is 0 Å². The van der Waals surface area contributed by atoms with Gasteiger partial charge in [-0.15, -0.1) is 0 Å². The summed E-state index contributed by atoms with van der Waals surface area (Å²) in [4.78, 5) is 11.3. The Labute approximate surface area is 110 Å². The highest BCUT2D eigenvalue weighted by Gasteiger charge is 2.36. The molecule has 0 aliphatic heterocycles. The molecule has 0 fully saturated rings. The van der Waals surface area contributed by atoms with Crippen molar-refractivity contribution in [3.63, 3.8) is 0 Å². The van der Waals surface area contributed by atoms with Crippen molar-refractivity contribution >= 4 is 28.6 Å². The lowest BCUT2D eigenvalue weighted by Crippen LogP contribution is -2.35. The lowest BCUT2D eigenvalue weighted by atomic mass is 9.74. The molecule has 1 N–H and O–H groups in total. The lowest BCUT2D eigenvalue weighted by Gasteiger charge is -2.29. The van der Waals surface area contributed by atoms with Gasteiger partial charge in [-0.3, -0.25) is 4.79 Å². The van der Waals surface area contributed by atoms with Gasteiger partial charge in [-0.25, -0.2) is 0 Å². The molecule has 1 atom stereocenters. The highest BCUT2D eigenvalue weighted by atomic mass is 127. The maximum atomic E-state index is 11.3. The maximum absolute atomic E-state index is 11.3. The molecular weight excluding hydrogens is 315 g/mol. The van der Waals surface area contributed by atoms with E-state index in [1.165, 1.54) is 3.57 Å². The third kappa shape index (κ3) is 2.97. The van der Waals surface area contributed by atoms with Gasteiger partial charge in [-0.2, -0.15) is 0 Å². The second-order valence-corrected chi connectivity index (χ2v) is 5.93. The predicted molar refractivity (Wildman–Crippen MR) is 73.4 cm³/mol. The lowest BCUT2D eigenvalue weighted by molar-refractivity contribution is -0.150. The smallest absolute Gasteiger partial charge is 0.309 e. The fraction of sp³-hybridized carbons (Fsp3) is 0.462. The number of aliphatic carboxylic acids is 1. The maximum Gasteiger partial charge on any atom is 0.309 e. The first-order chi connectivity index (χ1) is 7.36. The minimum absolute atomic E-state index is 0.115. The average Bonchev–Trinajstić information content (AvgIpc) is 2.20. The summed E-state index contributed by atoms with van der Waals surface area (Å²) in [5.41, 5.74) is 0.395. The average molecular weight is 332 g/mol. The third-order valence-electron chi connectivity index (χ3n) is 3.25. The molecular formula is C13H17IO2. The number of hydrogen-bond acceptors (Lipinski definition) is 1. The molecule has 0 aliphatic rings. The Morgan fingerprint density at radius 2 is 1.88 bits per heavy atom. The summed E-state index contributed by atoms with van der Waals surface area (Å²) in [5.74, 6) is -0.606. The summed E-state index contributed by atoms with van der Waals surface area (Å²) < 4.78 is 1.17. The SMILES string of the molecule is CC(C)C(C)(Cc1ccc(I)cc1)C(=O)O. The number of carbonyl (C=O) groups is 1. The summed E-state index contributed by atoms with van der Waals surface area (Å²) in [6.45, 7) is 5.74. The highest BCUT2D eigenvalue weighted by Crippen LogP contribution is 2.31. The number of carboxylic acid groups (broad SMARTS) is 1. The fourth-order valence-corrected chi connectivity index (χ4v) is 1.91. The highest BCUT2D eigenvalue weighted by molar-refractivity contribution is 14.1. The fourth-order valence-electron chi connectivity index (χ4n) is 1.55. The molecule has 1 unspecified atom stereocenters. The molecule has 88 valence electrons. The molecule has 0 bridgehead atoms. The van der Waals surface area contributed by atoms with Crippen molar-refractivity contribution in [3.05, 3.63) is 33.4 Å². The second-order valence-electron chi connectivity index (χ2n) is 4.68. The van der Waals surface area contributed by atoms with E-state index in [4.69, 9.17) is 0 Å². The van der Waals surface area contributed by atoms with Crippen molar-refractivity contribution in [1.82, 2.24) is 0 Å². The molecule has 0 saturated heterocycles. The van der Waals surface area contributed by atoms with E-state index >= 15 is 0 Å². The van der Waals surface area contributed by atoms with Crippen LogP contribution in [0.2, 0.25) is 0 Å². The van der Waals surface area contributed by atoms with Crippen LogP contribution >= 0.6 is 22.6 Å². The van der Waals surface area contributed by atoms with Crippen LogP contribution in [-0.2, 0) is 11.2 Å². The van der Waals surface area contributed by atoms with Crippen LogP contribution in [0.25, 0.3) is 0 Å². The third-order valence-corrected chi connectivity index (χ3v) is 3.97. The van der Waals surface area contributed by atoms with Gasteiger partial charge in [-0.05, 0) is 59.5 Å². The number of hydrogen-bond donors (Lipinski definition) is 1. The quantitative estimate of drug-likeness (QED) is 0.856. The van der Waals surface area contributed by atoms with Crippen molar-refractivity contribution in [2.75, 3.05) is 0 Å². The monoisotopic (exact) mass is 332 g/mol. The summed E-state index contributed by atoms with van der Waals surface area (Å²) in [5, 5.41) is 9.32. The van der Waals surface area contributed by atoms with Crippen molar-refractivity contribution in [2.24, 2.45) is 11.3 Å². The van der Waals surface area contributed by atoms with Crippen LogP contribution in [-0.4, -0.2) is 11.1 Å². The molecule has 0 amide bonds. The Morgan fingerprint density at radius 1 is 1.38 bits per heavy atom. The van der Waals surface area contributed by atoms with Crippen molar-refractivity contribution < 1.29 is 9.90 Å². The van der Waals surface area contributed by atoms with Gasteiger partial charge in [0.25, 0.3) is 0 Å². The summed E-state index contributed by atoms with van der Waals surface area (Å²) in [6.07, 6.45) is 0.580. The standard InChI is InChI=1S/C13H17IO2/c1-9(2)13(3,12(15)16)8-10-4-6-11(14)7-5-10/h4-7,9H,8H2,1-3H3,(H,15,16). The number of rotatable bonds is 4. The first-order valence-electron chi connectivity index (χ1n) is 5.34. The molecule has 2 nitrogen and oxygen atoms in total. The van der Waals surface area contributed by atoms with Gasteiger partial charge in [0.2, 0.25) is 0 Å². The van der Waals surface area contributed by atoms with E-state index < -0.39 is 11.4 Å². The molecule has 3 heteroatoms. The molecule has 0 heterocycles. The van der Waals surface area contributed by atoms with Crippen LogP contribution in [0.15, 0.2) is 24.3 Å². The minimum Gasteiger partial charge on any atom is -0.481 e. The van der Waals surface area contributed by atoms with Gasteiger partial charge >= 0.3 is 5.97 Å². The number of carboxylic acids is 1. The van der Waals surface area contributed by atoms with Gasteiger partial charge in [0, 0.05) is 3.57 Å². The van der Waals surface area contributed by atoms with E-state index in [-0.39, 0.29) is 5.92 Å². The Kier molecular flexibility index (Phi) is 4.35. The summed E-state index contributed by atoms with van der Waals surface area (Å²) in [7, 11) is 0. The van der Waals surface area contributed by atoms with Crippen LogP contribution in [0.4, 0.5) is 0 Å². The number of benzene rings is 1. The van der Waals surface area contributed by atoms with E-state index in [9.17, 15) is 9.90 Å². The zero-order chi connectivity index (χ0) is 12.3. The normalized spacial score (nSPS) is 14.8. The Balaban J connectivity index is 2.93. The molecule has 0 radical (unpaired) electrons. The summed E-state index contributed by atoms with van der Waals surface area (Å²) >= 11 is 2.24. The molecule has 0 aliphatic carbocycles. The van der Waals surface area contributed by atoms with E-state index in [2.05, 4.69) is 22.6 Å². The van der Waals surface area contributed by atoms with Crippen molar-refractivity contribution in [2.45, 2.75) is 27.2 Å². The molecule has 0 spiro atoms. The van der Waals surface area contributed by atoms with Crippen LogP contribution in [0.3, 0.4) is 0 Å². The first kappa shape index (κ1) is 13.5. The topological polar surface area (TPSA) is 37.3 Å². The molecule has 1 aromatic carbocycles. The van der Waals surface area contributed by atoms with E-state index in [1.54, 1.807) is 0 Å². The molecule has 16 heavy (non-hydrogen) atoms. The molecule has 0 aromatic heterocycles. The molecule has 0 saturated carbocycles. The zero-order valence-corrected chi connectivity index (χ0v) is 12.0. The van der Waals surface area contributed by atoms with Gasteiger partial charge in [0.05, 0.1) is 5.41 Å². The Bertz CT molecular complexity index is 370. The second kappa shape index (κ2) is 5.17. The Hall–Kier alpha value is -0.580. The van der Waals surface area contributed by atoms with Crippen LogP contribution < -0.4 is 0 Å². The zero-order valence-electron chi connectivity index (χ0n) is 9.83. The van der Waals surface area contributed by atoms with Crippen LogP contribution in [0.5, 0.6) is 0 Å². The van der Waals surface area contributed by atoms with Gasteiger partial charge in [0.15, 0.2) is 0 Å². The molecule has 1 rings (SSSR count). The van der Waals surface area contributed by atoms with E-state index in [1.807, 2.05) is 45.0 Å². The predicted octanol–water partition coefficient (Wildman–Crippen LogP) is 3.58. The van der Waals surface area contributed by atoms with Crippen LogP contribution in [0.1, 0.15) is 26.3 Å². The van der Waals surface area contributed by atoms with E-state index in [0.29, 0.717) is 6.42 Å². The largest absolute Gasteiger partial charge is 0.481 e. The van der Waals surface area contributed by atoms with Crippen LogP contribution in [0, 0.1) is 14.9 Å². The first-order valence-corrected chi connectivity index (χ1v) is 6.42. The van der Waals surface area contributed by atoms with Gasteiger partial charge in [0.1, 0.15) is 0 Å². The number of halogens is 1. The Morgan fingerprint density at radius 3 is 2.25 bits per heavy atom. The summed E-state index contributed by atoms with van der Waals surface area (Å²) in [6, 6.07) is 8.04. The van der Waals surface area contributed by atoms with Crippen molar-refractivity contribution in [1.29, 1.82) is 0 Å². The molecule has 1 aromatic rings. The van der Waals surface area contributed by atoms with E-state index in [0.717, 1.165) is 5.56 Å². The van der Waals surface area contributed by atoms with Gasteiger partial charge < -0.3 is 5.11 Å².